The maximum atomic E-state index is 12.5. The van der Waals surface area contributed by atoms with E-state index < -0.39 is 0 Å². The molecule has 2 rings (SSSR count). The van der Waals surface area contributed by atoms with Crippen molar-refractivity contribution in [3.05, 3.63) is 35.4 Å². The van der Waals surface area contributed by atoms with Crippen molar-refractivity contribution in [1.82, 2.24) is 10.2 Å². The van der Waals surface area contributed by atoms with Gasteiger partial charge in [0.25, 0.3) is 5.91 Å². The minimum absolute atomic E-state index is 0.00780. The predicted octanol–water partition coefficient (Wildman–Crippen LogP) is 3.22. The van der Waals surface area contributed by atoms with E-state index in [0.717, 1.165) is 18.4 Å². The van der Waals surface area contributed by atoms with Crippen molar-refractivity contribution in [3.63, 3.8) is 0 Å². The van der Waals surface area contributed by atoms with Gasteiger partial charge in [-0.05, 0) is 44.6 Å². The molecule has 1 saturated carbocycles. The van der Waals surface area contributed by atoms with Crippen molar-refractivity contribution in [2.45, 2.75) is 50.7 Å². The summed E-state index contributed by atoms with van der Waals surface area (Å²) < 4.78 is 5.14. The van der Waals surface area contributed by atoms with Crippen molar-refractivity contribution in [1.29, 1.82) is 0 Å². The normalized spacial score (nSPS) is 17.7. The number of ether oxygens (including phenoxy) is 1. The lowest BCUT2D eigenvalue weighted by molar-refractivity contribution is 0.0869. The number of nitrogens with zero attached hydrogens (tertiary/aromatic N) is 1. The monoisotopic (exact) mass is 318 g/mol. The van der Waals surface area contributed by atoms with E-state index in [-0.39, 0.29) is 11.4 Å². The van der Waals surface area contributed by atoms with Crippen LogP contribution in [-0.2, 0) is 11.3 Å². The van der Waals surface area contributed by atoms with Gasteiger partial charge in [0.15, 0.2) is 0 Å². The summed E-state index contributed by atoms with van der Waals surface area (Å²) in [7, 11) is 5.94. The molecule has 0 aliphatic heterocycles. The summed E-state index contributed by atoms with van der Waals surface area (Å²) in [6.45, 7) is 1.25. The first-order chi connectivity index (χ1) is 11.1. The number of amides is 1. The predicted molar refractivity (Wildman–Crippen MR) is 93.6 cm³/mol. The largest absolute Gasteiger partial charge is 0.380 e. The first-order valence-corrected chi connectivity index (χ1v) is 8.61. The number of likely N-dealkylation sites (N-methyl/N-ethyl adjacent to an activating group) is 1. The van der Waals surface area contributed by atoms with Crippen LogP contribution in [0.2, 0.25) is 0 Å². The molecule has 0 saturated heterocycles. The van der Waals surface area contributed by atoms with Gasteiger partial charge in [0.2, 0.25) is 0 Å². The van der Waals surface area contributed by atoms with Crippen LogP contribution in [0.3, 0.4) is 0 Å². The Labute approximate surface area is 140 Å². The number of rotatable bonds is 6. The Morgan fingerprint density at radius 1 is 1.22 bits per heavy atom. The maximum Gasteiger partial charge on any atom is 0.251 e. The lowest BCUT2D eigenvalue weighted by Gasteiger charge is -2.39. The summed E-state index contributed by atoms with van der Waals surface area (Å²) in [5, 5.41) is 3.17. The Kier molecular flexibility index (Phi) is 6.60. The number of benzene rings is 1. The number of nitrogens with one attached hydrogen (secondary N) is 1. The second-order valence-corrected chi connectivity index (χ2v) is 6.85. The lowest BCUT2D eigenvalue weighted by Crippen LogP contribution is -2.52. The van der Waals surface area contributed by atoms with Crippen LogP contribution < -0.4 is 5.32 Å². The van der Waals surface area contributed by atoms with Gasteiger partial charge in [0.05, 0.1) is 6.61 Å². The van der Waals surface area contributed by atoms with Crippen molar-refractivity contribution in [2.24, 2.45) is 0 Å². The highest BCUT2D eigenvalue weighted by Gasteiger charge is 2.33. The third-order valence-electron chi connectivity index (χ3n) is 5.06. The van der Waals surface area contributed by atoms with Gasteiger partial charge in [-0.1, -0.05) is 37.8 Å². The summed E-state index contributed by atoms with van der Waals surface area (Å²) in [6.07, 6.45) is 7.42. The average Bonchev–Trinajstić information content (AvgIpc) is 2.80. The SMILES string of the molecule is COCc1cccc(C(=O)NCC2(N(C)C)CCCCCC2)c1. The Balaban J connectivity index is 2.02. The van der Waals surface area contributed by atoms with Crippen LogP contribution in [0.25, 0.3) is 0 Å². The van der Waals surface area contributed by atoms with Gasteiger partial charge in [0, 0.05) is 24.8 Å². The van der Waals surface area contributed by atoms with Gasteiger partial charge < -0.3 is 15.0 Å². The molecule has 1 aromatic rings. The quantitative estimate of drug-likeness (QED) is 0.819. The van der Waals surface area contributed by atoms with Crippen LogP contribution in [0.5, 0.6) is 0 Å². The number of carbonyl (C=O) groups excluding carboxylic acids is 1. The highest BCUT2D eigenvalue weighted by molar-refractivity contribution is 5.94. The molecule has 0 atom stereocenters. The minimum Gasteiger partial charge on any atom is -0.380 e. The molecule has 0 bridgehead atoms. The molecule has 128 valence electrons. The standard InChI is InChI=1S/C19H30N2O2/c1-21(2)19(11-6-4-5-7-12-19)15-20-18(22)17-10-8-9-16(13-17)14-23-3/h8-10,13H,4-7,11-12,14-15H2,1-3H3,(H,20,22). The highest BCUT2D eigenvalue weighted by atomic mass is 16.5. The zero-order valence-electron chi connectivity index (χ0n) is 14.7. The lowest BCUT2D eigenvalue weighted by atomic mass is 9.88. The van der Waals surface area contributed by atoms with Gasteiger partial charge >= 0.3 is 0 Å². The van der Waals surface area contributed by atoms with Crippen LogP contribution in [0.15, 0.2) is 24.3 Å². The minimum atomic E-state index is 0.00780. The molecule has 1 amide bonds. The fraction of sp³-hybridized carbons (Fsp3) is 0.632. The molecule has 1 aliphatic rings. The summed E-state index contributed by atoms with van der Waals surface area (Å²) in [5.74, 6) is 0.00780. The van der Waals surface area contributed by atoms with Crippen LogP contribution in [0, 0.1) is 0 Å². The zero-order chi connectivity index (χ0) is 16.7. The zero-order valence-corrected chi connectivity index (χ0v) is 14.7. The maximum absolute atomic E-state index is 12.5. The first kappa shape index (κ1) is 18.0. The molecule has 1 aromatic carbocycles. The van der Waals surface area contributed by atoms with Crippen LogP contribution in [0.4, 0.5) is 0 Å². The molecular weight excluding hydrogens is 288 g/mol. The Morgan fingerprint density at radius 2 is 1.91 bits per heavy atom. The van der Waals surface area contributed by atoms with Crippen molar-refractivity contribution in [3.8, 4) is 0 Å². The van der Waals surface area contributed by atoms with Gasteiger partial charge in [-0.15, -0.1) is 0 Å². The number of carbonyl (C=O) groups is 1. The molecule has 4 nitrogen and oxygen atoms in total. The number of hydrogen-bond acceptors (Lipinski definition) is 3. The van der Waals surface area contributed by atoms with E-state index in [1.54, 1.807) is 7.11 Å². The Morgan fingerprint density at radius 3 is 2.52 bits per heavy atom. The average molecular weight is 318 g/mol. The second kappa shape index (κ2) is 8.46. The summed E-state index contributed by atoms with van der Waals surface area (Å²) in [4.78, 5) is 14.8. The molecule has 0 unspecified atom stereocenters. The first-order valence-electron chi connectivity index (χ1n) is 8.61. The van der Waals surface area contributed by atoms with Crippen molar-refractivity contribution < 1.29 is 9.53 Å². The van der Waals surface area contributed by atoms with Gasteiger partial charge in [0.1, 0.15) is 0 Å². The second-order valence-electron chi connectivity index (χ2n) is 6.85. The van der Waals surface area contributed by atoms with Crippen molar-refractivity contribution in [2.75, 3.05) is 27.7 Å². The van der Waals surface area contributed by atoms with Crippen LogP contribution in [-0.4, -0.2) is 44.1 Å². The van der Waals surface area contributed by atoms with E-state index in [1.165, 1.54) is 25.7 Å². The molecule has 1 N–H and O–H groups in total. The number of methoxy groups -OCH3 is 1. The van der Waals surface area contributed by atoms with E-state index in [4.69, 9.17) is 4.74 Å². The van der Waals surface area contributed by atoms with Crippen molar-refractivity contribution >= 4 is 5.91 Å². The van der Waals surface area contributed by atoms with Gasteiger partial charge in [-0.3, -0.25) is 4.79 Å². The van der Waals surface area contributed by atoms with Gasteiger partial charge in [-0.2, -0.15) is 0 Å². The fourth-order valence-electron chi connectivity index (χ4n) is 3.48. The summed E-state index contributed by atoms with van der Waals surface area (Å²) in [5.41, 5.74) is 1.83. The van der Waals surface area contributed by atoms with E-state index in [0.29, 0.717) is 18.7 Å². The molecule has 4 heteroatoms. The van der Waals surface area contributed by atoms with Crippen LogP contribution in [0.1, 0.15) is 54.4 Å². The Bertz CT molecular complexity index is 506. The molecule has 0 spiro atoms. The van der Waals surface area contributed by atoms with E-state index in [9.17, 15) is 4.79 Å². The molecule has 23 heavy (non-hydrogen) atoms. The third kappa shape index (κ3) is 4.79. The molecule has 1 fully saturated rings. The topological polar surface area (TPSA) is 41.6 Å². The molecule has 0 heterocycles. The third-order valence-corrected chi connectivity index (χ3v) is 5.06. The van der Waals surface area contributed by atoms with Gasteiger partial charge in [-0.25, -0.2) is 0 Å². The smallest absolute Gasteiger partial charge is 0.251 e. The summed E-state index contributed by atoms with van der Waals surface area (Å²) >= 11 is 0. The molecule has 0 radical (unpaired) electrons. The van der Waals surface area contributed by atoms with E-state index >= 15 is 0 Å². The Hall–Kier alpha value is -1.39. The molecular formula is C19H30N2O2. The van der Waals surface area contributed by atoms with Crippen LogP contribution >= 0.6 is 0 Å². The fourth-order valence-corrected chi connectivity index (χ4v) is 3.48. The number of hydrogen-bond donors (Lipinski definition) is 1. The molecule has 1 aliphatic carbocycles. The van der Waals surface area contributed by atoms with E-state index in [1.807, 2.05) is 24.3 Å². The molecule has 0 aromatic heterocycles. The summed E-state index contributed by atoms with van der Waals surface area (Å²) in [6, 6.07) is 7.67. The van der Waals surface area contributed by atoms with E-state index in [2.05, 4.69) is 24.3 Å². The highest BCUT2D eigenvalue weighted by Crippen LogP contribution is 2.30.